The quantitative estimate of drug-likeness (QED) is 0.536. The summed E-state index contributed by atoms with van der Waals surface area (Å²) in [5, 5.41) is 5.79. The number of benzene rings is 1. The van der Waals surface area contributed by atoms with Gasteiger partial charge in [0.2, 0.25) is 11.8 Å². The molecule has 1 aromatic rings. The van der Waals surface area contributed by atoms with E-state index >= 15 is 0 Å². The molecule has 2 amide bonds. The fraction of sp³-hybridized carbons (Fsp3) is 0.591. The van der Waals surface area contributed by atoms with E-state index in [1.54, 1.807) is 0 Å². The maximum Gasteiger partial charge on any atom is 0.308 e. The zero-order valence-electron chi connectivity index (χ0n) is 17.9. The van der Waals surface area contributed by atoms with Gasteiger partial charge in [-0.25, -0.2) is 0 Å². The standard InChI is InChI=1S/C22H31N3O6/c1-2-10-30-21(27)13-19-22(28)23-8-9-25(19)20(26)14-24-16-5-3-6-17(12-16)31-15-18-7-4-11-29-18/h3,5-6,12,18-19,24H,2,4,7-11,13-15H2,1H3,(H,23,28). The van der Waals surface area contributed by atoms with Crippen LogP contribution in [0, 0.1) is 0 Å². The highest BCUT2D eigenvalue weighted by atomic mass is 16.5. The Balaban J connectivity index is 1.52. The SMILES string of the molecule is CCCOC(=O)CC1C(=O)NCCN1C(=O)CNc1cccc(OCC2CCCO2)c1. The van der Waals surface area contributed by atoms with Crippen molar-refractivity contribution in [1.82, 2.24) is 10.2 Å². The fourth-order valence-electron chi connectivity index (χ4n) is 3.59. The van der Waals surface area contributed by atoms with Gasteiger partial charge in [-0.3, -0.25) is 14.4 Å². The van der Waals surface area contributed by atoms with Gasteiger partial charge < -0.3 is 29.7 Å². The van der Waals surface area contributed by atoms with Crippen molar-refractivity contribution in [3.63, 3.8) is 0 Å². The molecule has 2 N–H and O–H groups in total. The molecule has 1 aromatic carbocycles. The molecule has 0 radical (unpaired) electrons. The molecule has 2 aliphatic heterocycles. The molecule has 3 rings (SSSR count). The van der Waals surface area contributed by atoms with Crippen molar-refractivity contribution in [2.75, 3.05) is 44.8 Å². The smallest absolute Gasteiger partial charge is 0.308 e. The van der Waals surface area contributed by atoms with Crippen molar-refractivity contribution in [1.29, 1.82) is 0 Å². The number of ether oxygens (including phenoxy) is 3. The second-order valence-corrected chi connectivity index (χ2v) is 7.65. The Hall–Kier alpha value is -2.81. The molecule has 2 saturated heterocycles. The van der Waals surface area contributed by atoms with Crippen LogP contribution in [0.4, 0.5) is 5.69 Å². The number of hydrogen-bond acceptors (Lipinski definition) is 7. The van der Waals surface area contributed by atoms with Crippen molar-refractivity contribution in [3.05, 3.63) is 24.3 Å². The second-order valence-electron chi connectivity index (χ2n) is 7.65. The van der Waals surface area contributed by atoms with Gasteiger partial charge in [-0.15, -0.1) is 0 Å². The van der Waals surface area contributed by atoms with Crippen molar-refractivity contribution in [3.8, 4) is 5.75 Å². The lowest BCUT2D eigenvalue weighted by Crippen LogP contribution is -2.58. The molecule has 9 heteroatoms. The minimum atomic E-state index is -0.853. The van der Waals surface area contributed by atoms with E-state index in [1.807, 2.05) is 31.2 Å². The van der Waals surface area contributed by atoms with E-state index in [9.17, 15) is 14.4 Å². The van der Waals surface area contributed by atoms with E-state index in [-0.39, 0.29) is 30.9 Å². The Kier molecular flexibility index (Phi) is 8.52. The summed E-state index contributed by atoms with van der Waals surface area (Å²) < 4.78 is 16.4. The number of amides is 2. The Morgan fingerprint density at radius 3 is 3.00 bits per heavy atom. The van der Waals surface area contributed by atoms with Crippen molar-refractivity contribution >= 4 is 23.5 Å². The van der Waals surface area contributed by atoms with Gasteiger partial charge >= 0.3 is 5.97 Å². The second kappa shape index (κ2) is 11.5. The summed E-state index contributed by atoms with van der Waals surface area (Å²) in [4.78, 5) is 38.5. The van der Waals surface area contributed by atoms with Crippen LogP contribution in [-0.2, 0) is 23.9 Å². The molecule has 9 nitrogen and oxygen atoms in total. The van der Waals surface area contributed by atoms with Gasteiger partial charge in [0.25, 0.3) is 0 Å². The summed E-state index contributed by atoms with van der Waals surface area (Å²) in [6.45, 7) is 4.19. The zero-order chi connectivity index (χ0) is 22.1. The third-order valence-electron chi connectivity index (χ3n) is 5.22. The third kappa shape index (κ3) is 6.85. The number of nitrogens with zero attached hydrogens (tertiary/aromatic N) is 1. The van der Waals surface area contributed by atoms with Gasteiger partial charge in [-0.05, 0) is 31.4 Å². The number of esters is 1. The van der Waals surface area contributed by atoms with E-state index in [2.05, 4.69) is 10.6 Å². The van der Waals surface area contributed by atoms with E-state index in [4.69, 9.17) is 14.2 Å². The van der Waals surface area contributed by atoms with E-state index in [0.717, 1.165) is 25.1 Å². The number of hydrogen-bond donors (Lipinski definition) is 2. The molecular weight excluding hydrogens is 402 g/mol. The third-order valence-corrected chi connectivity index (χ3v) is 5.22. The summed E-state index contributed by atoms with van der Waals surface area (Å²) >= 11 is 0. The van der Waals surface area contributed by atoms with Gasteiger partial charge in [0.05, 0.1) is 25.7 Å². The van der Waals surface area contributed by atoms with Gasteiger partial charge in [0, 0.05) is 31.5 Å². The van der Waals surface area contributed by atoms with E-state index in [1.165, 1.54) is 4.90 Å². The van der Waals surface area contributed by atoms with Crippen LogP contribution in [0.3, 0.4) is 0 Å². The Morgan fingerprint density at radius 2 is 2.23 bits per heavy atom. The molecule has 31 heavy (non-hydrogen) atoms. The first-order chi connectivity index (χ1) is 15.1. The van der Waals surface area contributed by atoms with Crippen LogP contribution >= 0.6 is 0 Å². The average Bonchev–Trinajstić information content (AvgIpc) is 3.30. The summed E-state index contributed by atoms with van der Waals surface area (Å²) in [5.74, 6) is -0.376. The number of piperazine rings is 1. The molecule has 0 spiro atoms. The van der Waals surface area contributed by atoms with Crippen LogP contribution in [0.25, 0.3) is 0 Å². The average molecular weight is 434 g/mol. The maximum atomic E-state index is 12.8. The number of nitrogens with one attached hydrogen (secondary N) is 2. The lowest BCUT2D eigenvalue weighted by molar-refractivity contribution is -0.151. The summed E-state index contributed by atoms with van der Waals surface area (Å²) in [5.41, 5.74) is 0.735. The molecular formula is C22H31N3O6. The predicted octanol–water partition coefficient (Wildman–Crippen LogP) is 1.33. The number of rotatable bonds is 10. The van der Waals surface area contributed by atoms with Crippen LogP contribution in [0.1, 0.15) is 32.6 Å². The van der Waals surface area contributed by atoms with Gasteiger partial charge in [-0.1, -0.05) is 13.0 Å². The first-order valence-corrected chi connectivity index (χ1v) is 10.9. The van der Waals surface area contributed by atoms with Crippen LogP contribution in [-0.4, -0.2) is 74.3 Å². The van der Waals surface area contributed by atoms with Crippen LogP contribution in [0.15, 0.2) is 24.3 Å². The highest BCUT2D eigenvalue weighted by Crippen LogP contribution is 2.20. The number of anilines is 1. The lowest BCUT2D eigenvalue weighted by atomic mass is 10.1. The Morgan fingerprint density at radius 1 is 1.35 bits per heavy atom. The van der Waals surface area contributed by atoms with Crippen molar-refractivity contribution in [2.24, 2.45) is 0 Å². The molecule has 0 aliphatic carbocycles. The van der Waals surface area contributed by atoms with Gasteiger partial charge in [0.1, 0.15) is 18.4 Å². The lowest BCUT2D eigenvalue weighted by Gasteiger charge is -2.34. The molecule has 0 saturated carbocycles. The largest absolute Gasteiger partial charge is 0.491 e. The molecule has 2 atom stereocenters. The first kappa shape index (κ1) is 22.9. The van der Waals surface area contributed by atoms with Crippen LogP contribution < -0.4 is 15.4 Å². The first-order valence-electron chi connectivity index (χ1n) is 10.9. The van der Waals surface area contributed by atoms with Gasteiger partial charge in [-0.2, -0.15) is 0 Å². The van der Waals surface area contributed by atoms with Crippen molar-refractivity contribution < 1.29 is 28.6 Å². The van der Waals surface area contributed by atoms with Crippen molar-refractivity contribution in [2.45, 2.75) is 44.8 Å². The summed E-state index contributed by atoms with van der Waals surface area (Å²) in [6, 6.07) is 6.51. The predicted molar refractivity (Wildman–Crippen MR) is 114 cm³/mol. The normalized spacial score (nSPS) is 20.8. The molecule has 2 unspecified atom stereocenters. The Labute approximate surface area is 182 Å². The molecule has 170 valence electrons. The highest BCUT2D eigenvalue weighted by Gasteiger charge is 2.34. The van der Waals surface area contributed by atoms with E-state index in [0.29, 0.717) is 38.5 Å². The molecule has 0 aromatic heterocycles. The molecule has 2 heterocycles. The zero-order valence-corrected chi connectivity index (χ0v) is 17.9. The summed E-state index contributed by atoms with van der Waals surface area (Å²) in [6.07, 6.45) is 2.74. The highest BCUT2D eigenvalue weighted by molar-refractivity contribution is 5.93. The molecule has 0 bridgehead atoms. The summed E-state index contributed by atoms with van der Waals surface area (Å²) in [7, 11) is 0. The van der Waals surface area contributed by atoms with Crippen LogP contribution in [0.2, 0.25) is 0 Å². The minimum absolute atomic E-state index is 0.00295. The monoisotopic (exact) mass is 433 g/mol. The number of carbonyl (C=O) groups excluding carboxylic acids is 3. The van der Waals surface area contributed by atoms with Gasteiger partial charge in [0.15, 0.2) is 0 Å². The topological polar surface area (TPSA) is 106 Å². The Bertz CT molecular complexity index is 765. The maximum absolute atomic E-state index is 12.8. The molecule has 2 aliphatic rings. The fourth-order valence-corrected chi connectivity index (χ4v) is 3.59. The van der Waals surface area contributed by atoms with Crippen LogP contribution in [0.5, 0.6) is 5.75 Å². The minimum Gasteiger partial charge on any atom is -0.491 e. The van der Waals surface area contributed by atoms with E-state index < -0.39 is 12.0 Å². The molecule has 2 fully saturated rings. The number of carbonyl (C=O) groups is 3.